The van der Waals surface area contributed by atoms with E-state index in [9.17, 15) is 9.59 Å². The summed E-state index contributed by atoms with van der Waals surface area (Å²) >= 11 is 0. The maximum absolute atomic E-state index is 11.9. The van der Waals surface area contributed by atoms with E-state index in [1.165, 1.54) is 0 Å². The first-order chi connectivity index (χ1) is 11.5. The van der Waals surface area contributed by atoms with Gasteiger partial charge in [0, 0.05) is 6.42 Å². The van der Waals surface area contributed by atoms with E-state index in [1.54, 1.807) is 32.0 Å². The van der Waals surface area contributed by atoms with E-state index >= 15 is 0 Å². The molecule has 0 atom stereocenters. The molecule has 0 spiro atoms. The lowest BCUT2D eigenvalue weighted by Crippen LogP contribution is -2.12. The normalized spacial score (nSPS) is 10.1. The van der Waals surface area contributed by atoms with Crippen molar-refractivity contribution in [3.05, 3.63) is 53.6 Å². The lowest BCUT2D eigenvalue weighted by Gasteiger charge is -2.14. The minimum atomic E-state index is -0.438. The van der Waals surface area contributed by atoms with Gasteiger partial charge in [0.1, 0.15) is 5.75 Å². The van der Waals surface area contributed by atoms with Crippen molar-refractivity contribution in [1.29, 1.82) is 0 Å². The summed E-state index contributed by atoms with van der Waals surface area (Å²) in [5, 5.41) is 2.76. The fourth-order valence-corrected chi connectivity index (χ4v) is 2.10. The van der Waals surface area contributed by atoms with E-state index in [1.807, 2.05) is 31.2 Å². The van der Waals surface area contributed by atoms with Crippen LogP contribution in [0.3, 0.4) is 0 Å². The number of nitrogens with one attached hydrogen (secondary N) is 1. The average molecular weight is 327 g/mol. The van der Waals surface area contributed by atoms with Gasteiger partial charge in [0.2, 0.25) is 5.91 Å². The van der Waals surface area contributed by atoms with Crippen molar-refractivity contribution in [3.63, 3.8) is 0 Å². The van der Waals surface area contributed by atoms with E-state index in [0.717, 1.165) is 5.56 Å². The van der Waals surface area contributed by atoms with E-state index in [2.05, 4.69) is 5.32 Å². The highest BCUT2D eigenvalue weighted by atomic mass is 16.5. The molecule has 1 amide bonds. The predicted octanol–water partition coefficient (Wildman–Crippen LogP) is 4.31. The summed E-state index contributed by atoms with van der Waals surface area (Å²) in [6, 6.07) is 12.4. The van der Waals surface area contributed by atoms with E-state index in [0.29, 0.717) is 29.2 Å². The molecule has 1 N–H and O–H groups in total. The van der Waals surface area contributed by atoms with Crippen molar-refractivity contribution in [3.8, 4) is 11.5 Å². The Labute approximate surface area is 141 Å². The standard InChI is InChI=1S/C19H21NO4/c1-4-18(21)20-16-12-14(19(22)23-5-2)9-10-17(16)24-15-8-6-7-13(3)11-15/h6-12H,4-5H2,1-3H3,(H,20,21). The number of ether oxygens (including phenoxy) is 2. The fourth-order valence-electron chi connectivity index (χ4n) is 2.10. The molecule has 0 bridgehead atoms. The molecule has 0 aliphatic rings. The van der Waals surface area contributed by atoms with Gasteiger partial charge in [0.25, 0.3) is 0 Å². The third-order valence-electron chi connectivity index (χ3n) is 3.30. The van der Waals surface area contributed by atoms with Gasteiger partial charge in [-0.15, -0.1) is 0 Å². The monoisotopic (exact) mass is 327 g/mol. The van der Waals surface area contributed by atoms with Crippen LogP contribution in [0, 0.1) is 6.92 Å². The molecule has 0 saturated carbocycles. The van der Waals surface area contributed by atoms with Crippen molar-refractivity contribution in [2.45, 2.75) is 27.2 Å². The molecular weight excluding hydrogens is 306 g/mol. The third kappa shape index (κ3) is 4.59. The van der Waals surface area contributed by atoms with Crippen LogP contribution in [0.1, 0.15) is 36.2 Å². The van der Waals surface area contributed by atoms with E-state index in [4.69, 9.17) is 9.47 Å². The number of amides is 1. The first-order valence-electron chi connectivity index (χ1n) is 7.89. The second kappa shape index (κ2) is 8.15. The maximum Gasteiger partial charge on any atom is 0.338 e. The van der Waals surface area contributed by atoms with Crippen LogP contribution in [0.4, 0.5) is 5.69 Å². The van der Waals surface area contributed by atoms with Gasteiger partial charge in [-0.3, -0.25) is 4.79 Å². The van der Waals surface area contributed by atoms with Crippen LogP contribution in [0.25, 0.3) is 0 Å². The first kappa shape index (κ1) is 17.5. The molecule has 0 aliphatic heterocycles. The highest BCUT2D eigenvalue weighted by Gasteiger charge is 2.13. The second-order valence-corrected chi connectivity index (χ2v) is 5.25. The summed E-state index contributed by atoms with van der Waals surface area (Å²) in [5.74, 6) is 0.526. The number of benzene rings is 2. The van der Waals surface area contributed by atoms with Gasteiger partial charge in [0.15, 0.2) is 5.75 Å². The van der Waals surface area contributed by atoms with Gasteiger partial charge in [-0.05, 0) is 49.7 Å². The summed E-state index contributed by atoms with van der Waals surface area (Å²) in [4.78, 5) is 23.7. The van der Waals surface area contributed by atoms with Crippen molar-refractivity contribution in [2.75, 3.05) is 11.9 Å². The fraction of sp³-hybridized carbons (Fsp3) is 0.263. The Kier molecular flexibility index (Phi) is 5.95. The molecule has 0 radical (unpaired) electrons. The Balaban J connectivity index is 2.34. The van der Waals surface area contributed by atoms with Gasteiger partial charge in [-0.25, -0.2) is 4.79 Å². The predicted molar refractivity (Wildman–Crippen MR) is 92.6 cm³/mol. The number of aryl methyl sites for hydroxylation is 1. The zero-order valence-corrected chi connectivity index (χ0v) is 14.1. The van der Waals surface area contributed by atoms with Crippen molar-refractivity contribution < 1.29 is 19.1 Å². The van der Waals surface area contributed by atoms with Crippen molar-refractivity contribution >= 4 is 17.6 Å². The summed E-state index contributed by atoms with van der Waals surface area (Å²) in [6.07, 6.45) is 0.327. The van der Waals surface area contributed by atoms with Crippen LogP contribution in [0.5, 0.6) is 11.5 Å². The molecule has 24 heavy (non-hydrogen) atoms. The number of hydrogen-bond acceptors (Lipinski definition) is 4. The molecule has 0 fully saturated rings. The Morgan fingerprint density at radius 1 is 1.08 bits per heavy atom. The molecule has 126 valence electrons. The number of rotatable bonds is 6. The zero-order valence-electron chi connectivity index (χ0n) is 14.1. The van der Waals surface area contributed by atoms with Gasteiger partial charge >= 0.3 is 5.97 Å². The van der Waals surface area contributed by atoms with Gasteiger partial charge < -0.3 is 14.8 Å². The Morgan fingerprint density at radius 2 is 1.88 bits per heavy atom. The lowest BCUT2D eigenvalue weighted by molar-refractivity contribution is -0.115. The SMILES string of the molecule is CCOC(=O)c1ccc(Oc2cccc(C)c2)c(NC(=O)CC)c1. The maximum atomic E-state index is 11.9. The topological polar surface area (TPSA) is 64.6 Å². The van der Waals surface area contributed by atoms with Gasteiger partial charge in [-0.1, -0.05) is 19.1 Å². The molecule has 2 aromatic carbocycles. The van der Waals surface area contributed by atoms with Crippen LogP contribution in [-0.2, 0) is 9.53 Å². The highest BCUT2D eigenvalue weighted by molar-refractivity contribution is 5.96. The molecule has 0 aromatic heterocycles. The van der Waals surface area contributed by atoms with Crippen molar-refractivity contribution in [1.82, 2.24) is 0 Å². The molecular formula is C19H21NO4. The zero-order chi connectivity index (χ0) is 17.5. The summed E-state index contributed by atoms with van der Waals surface area (Å²) in [6.45, 7) is 5.76. The molecule has 0 saturated heterocycles. The molecule has 2 aromatic rings. The lowest BCUT2D eigenvalue weighted by atomic mass is 10.1. The van der Waals surface area contributed by atoms with E-state index in [-0.39, 0.29) is 12.5 Å². The highest BCUT2D eigenvalue weighted by Crippen LogP contribution is 2.31. The van der Waals surface area contributed by atoms with Crippen LogP contribution in [0.15, 0.2) is 42.5 Å². The largest absolute Gasteiger partial charge is 0.462 e. The van der Waals surface area contributed by atoms with E-state index < -0.39 is 5.97 Å². The number of anilines is 1. The first-order valence-corrected chi connectivity index (χ1v) is 7.89. The molecule has 0 heterocycles. The van der Waals surface area contributed by atoms with Crippen LogP contribution >= 0.6 is 0 Å². The number of carbonyl (C=O) groups is 2. The smallest absolute Gasteiger partial charge is 0.338 e. The van der Waals surface area contributed by atoms with Gasteiger partial charge in [0.05, 0.1) is 17.9 Å². The third-order valence-corrected chi connectivity index (χ3v) is 3.30. The molecule has 2 rings (SSSR count). The average Bonchev–Trinajstić information content (AvgIpc) is 2.56. The Bertz CT molecular complexity index is 740. The summed E-state index contributed by atoms with van der Waals surface area (Å²) in [5.41, 5.74) is 1.86. The quantitative estimate of drug-likeness (QED) is 0.803. The Hall–Kier alpha value is -2.82. The number of esters is 1. The number of hydrogen-bond donors (Lipinski definition) is 1. The van der Waals surface area contributed by atoms with Crippen molar-refractivity contribution in [2.24, 2.45) is 0 Å². The molecule has 0 unspecified atom stereocenters. The second-order valence-electron chi connectivity index (χ2n) is 5.25. The van der Waals surface area contributed by atoms with Gasteiger partial charge in [-0.2, -0.15) is 0 Å². The molecule has 0 aliphatic carbocycles. The Morgan fingerprint density at radius 3 is 2.54 bits per heavy atom. The van der Waals surface area contributed by atoms with Crippen LogP contribution in [0.2, 0.25) is 0 Å². The summed E-state index contributed by atoms with van der Waals surface area (Å²) in [7, 11) is 0. The minimum absolute atomic E-state index is 0.162. The minimum Gasteiger partial charge on any atom is -0.462 e. The van der Waals surface area contributed by atoms with Crippen LogP contribution in [-0.4, -0.2) is 18.5 Å². The molecule has 5 heteroatoms. The number of carbonyl (C=O) groups excluding carboxylic acids is 2. The van der Waals surface area contributed by atoms with Crippen LogP contribution < -0.4 is 10.1 Å². The molecule has 5 nitrogen and oxygen atoms in total. The summed E-state index contributed by atoms with van der Waals surface area (Å²) < 4.78 is 10.9.